The van der Waals surface area contributed by atoms with Crippen molar-refractivity contribution in [2.24, 2.45) is 11.8 Å². The number of aliphatic hydroxyl groups is 1. The first kappa shape index (κ1) is 25.5. The Bertz CT molecular complexity index is 1260. The summed E-state index contributed by atoms with van der Waals surface area (Å²) in [5, 5.41) is 11.9. The molecular weight excluding hydrogens is 486 g/mol. The fraction of sp³-hybridized carbons (Fsp3) is 0.414. The highest BCUT2D eigenvalue weighted by Crippen LogP contribution is 2.66. The van der Waals surface area contributed by atoms with Crippen LogP contribution in [0.3, 0.4) is 0 Å². The minimum absolute atomic E-state index is 0.00573. The minimum atomic E-state index is -0.763. The van der Waals surface area contributed by atoms with Crippen LogP contribution in [-0.4, -0.2) is 82.0 Å². The van der Waals surface area contributed by atoms with Gasteiger partial charge in [0.1, 0.15) is 6.04 Å². The molecule has 2 unspecified atom stereocenters. The topological polar surface area (TPSA) is 81.2 Å². The molecule has 0 saturated carbocycles. The van der Waals surface area contributed by atoms with Gasteiger partial charge in [0, 0.05) is 37.6 Å². The highest BCUT2D eigenvalue weighted by Gasteiger charge is 2.74. The quantitative estimate of drug-likeness (QED) is 0.515. The van der Waals surface area contributed by atoms with Crippen molar-refractivity contribution in [2.45, 2.75) is 28.9 Å². The lowest BCUT2D eigenvalue weighted by molar-refractivity contribution is -0.143. The third-order valence-corrected chi connectivity index (χ3v) is 10.0. The normalized spacial score (nSPS) is 27.8. The Labute approximate surface area is 221 Å². The predicted molar refractivity (Wildman–Crippen MR) is 147 cm³/mol. The van der Waals surface area contributed by atoms with Gasteiger partial charge in [-0.25, -0.2) is 0 Å². The number of hydrogen-bond acceptors (Lipinski definition) is 5. The molecule has 8 heteroatoms. The smallest absolute Gasteiger partial charge is 0.251 e. The summed E-state index contributed by atoms with van der Waals surface area (Å²) in [5.74, 6) is -1.54. The molecule has 3 aliphatic heterocycles. The monoisotopic (exact) mass is 519 g/mol. The van der Waals surface area contributed by atoms with Gasteiger partial charge in [0.25, 0.3) is 5.91 Å². The number of fused-ring (bicyclic) bond motifs is 2. The summed E-state index contributed by atoms with van der Waals surface area (Å²) in [6, 6.07) is 13.1. The van der Waals surface area contributed by atoms with Gasteiger partial charge < -0.3 is 19.8 Å². The van der Waals surface area contributed by atoms with E-state index in [2.05, 4.69) is 13.2 Å². The lowest BCUT2D eigenvalue weighted by atomic mass is 9.70. The van der Waals surface area contributed by atoms with Crippen LogP contribution in [-0.2, 0) is 14.4 Å². The molecule has 1 spiro atoms. The Hall–Kier alpha value is -3.10. The summed E-state index contributed by atoms with van der Waals surface area (Å²) in [4.78, 5) is 46.6. The van der Waals surface area contributed by atoms with Gasteiger partial charge in [-0.1, -0.05) is 42.5 Å². The third-order valence-electron chi connectivity index (χ3n) is 8.06. The standard InChI is InChI=1S/C29H33N3O4S/c1-4-14-30(3)26(34)23-22-12-13-29(37-22)24(23)27(35)32(16-17-33)25(29)28(36)31(15-5-2)21-11-10-19-8-6-7-9-20(19)18-21/h4-11,18,22-25,33H,1-2,12-17H2,3H3/t22-,23+,24-,25?,29?/m0/s1. The van der Waals surface area contributed by atoms with Crippen LogP contribution in [0.1, 0.15) is 12.8 Å². The molecule has 2 bridgehead atoms. The molecule has 37 heavy (non-hydrogen) atoms. The van der Waals surface area contributed by atoms with Crippen LogP contribution in [0.2, 0.25) is 0 Å². The number of carbonyl (C=O) groups is 3. The molecule has 2 aromatic carbocycles. The molecule has 5 rings (SSSR count). The molecule has 3 aliphatic rings. The Morgan fingerprint density at radius 1 is 1.14 bits per heavy atom. The summed E-state index contributed by atoms with van der Waals surface area (Å²) < 4.78 is -0.695. The molecule has 0 aromatic heterocycles. The van der Waals surface area contributed by atoms with Gasteiger partial charge >= 0.3 is 0 Å². The van der Waals surface area contributed by atoms with E-state index in [1.807, 2.05) is 42.5 Å². The number of carbonyl (C=O) groups excluding carboxylic acids is 3. The zero-order valence-corrected chi connectivity index (χ0v) is 21.9. The van der Waals surface area contributed by atoms with E-state index in [1.165, 1.54) is 4.90 Å². The largest absolute Gasteiger partial charge is 0.395 e. The minimum Gasteiger partial charge on any atom is -0.395 e. The molecule has 2 aromatic rings. The first-order chi connectivity index (χ1) is 17.9. The van der Waals surface area contributed by atoms with Gasteiger partial charge in [0.15, 0.2) is 0 Å². The molecule has 7 nitrogen and oxygen atoms in total. The number of thioether (sulfide) groups is 1. The number of benzene rings is 2. The fourth-order valence-electron chi connectivity index (χ4n) is 6.54. The Kier molecular flexibility index (Phi) is 6.89. The molecule has 194 valence electrons. The van der Waals surface area contributed by atoms with Crippen LogP contribution in [0.25, 0.3) is 10.8 Å². The van der Waals surface area contributed by atoms with Gasteiger partial charge in [-0.3, -0.25) is 14.4 Å². The lowest BCUT2D eigenvalue weighted by Crippen LogP contribution is -2.55. The van der Waals surface area contributed by atoms with E-state index in [4.69, 9.17) is 0 Å². The predicted octanol–water partition coefficient (Wildman–Crippen LogP) is 3.09. The van der Waals surface area contributed by atoms with E-state index >= 15 is 0 Å². The first-order valence-electron chi connectivity index (χ1n) is 12.7. The van der Waals surface area contributed by atoms with Crippen molar-refractivity contribution in [2.75, 3.05) is 38.2 Å². The second kappa shape index (κ2) is 9.99. The average Bonchev–Trinajstić information content (AvgIpc) is 3.54. The van der Waals surface area contributed by atoms with Crippen molar-refractivity contribution >= 4 is 45.9 Å². The van der Waals surface area contributed by atoms with Gasteiger partial charge in [0.2, 0.25) is 11.8 Å². The molecule has 0 aliphatic carbocycles. The molecule has 3 heterocycles. The summed E-state index contributed by atoms with van der Waals surface area (Å²) in [6.07, 6.45) is 4.82. The van der Waals surface area contributed by atoms with Gasteiger partial charge in [-0.2, -0.15) is 0 Å². The van der Waals surface area contributed by atoms with Crippen LogP contribution in [0, 0.1) is 11.8 Å². The Morgan fingerprint density at radius 2 is 1.86 bits per heavy atom. The van der Waals surface area contributed by atoms with Gasteiger partial charge in [-0.15, -0.1) is 24.9 Å². The van der Waals surface area contributed by atoms with Crippen LogP contribution >= 0.6 is 11.8 Å². The van der Waals surface area contributed by atoms with E-state index in [-0.39, 0.29) is 42.7 Å². The van der Waals surface area contributed by atoms with Crippen molar-refractivity contribution in [3.63, 3.8) is 0 Å². The third kappa shape index (κ3) is 3.97. The zero-order chi connectivity index (χ0) is 26.3. The fourth-order valence-corrected chi connectivity index (χ4v) is 8.75. The number of amides is 3. The highest BCUT2D eigenvalue weighted by molar-refractivity contribution is 8.02. The number of aliphatic hydroxyl groups excluding tert-OH is 1. The Morgan fingerprint density at radius 3 is 2.57 bits per heavy atom. The second-order valence-corrected chi connectivity index (χ2v) is 11.7. The highest BCUT2D eigenvalue weighted by atomic mass is 32.2. The maximum atomic E-state index is 14.4. The number of hydrogen-bond donors (Lipinski definition) is 1. The number of nitrogens with zero attached hydrogens (tertiary/aromatic N) is 3. The van der Waals surface area contributed by atoms with E-state index in [0.29, 0.717) is 13.0 Å². The zero-order valence-electron chi connectivity index (χ0n) is 21.1. The molecule has 3 amide bonds. The first-order valence-corrected chi connectivity index (χ1v) is 13.6. The SMILES string of the molecule is C=CCN(C)C(=O)[C@@H]1[C@@H]2CCC3(S2)C(C(=O)N(CC=C)c2ccc4ccccc4c2)N(CCO)C(=O)[C@H]13. The molecule has 0 radical (unpaired) electrons. The average molecular weight is 520 g/mol. The van der Waals surface area contributed by atoms with Crippen molar-refractivity contribution < 1.29 is 19.5 Å². The van der Waals surface area contributed by atoms with Crippen molar-refractivity contribution in [3.05, 3.63) is 67.8 Å². The number of likely N-dealkylation sites (N-methyl/N-ethyl adjacent to an activating group) is 1. The van der Waals surface area contributed by atoms with Crippen LogP contribution in [0.4, 0.5) is 5.69 Å². The van der Waals surface area contributed by atoms with Crippen molar-refractivity contribution in [1.82, 2.24) is 9.80 Å². The van der Waals surface area contributed by atoms with Crippen molar-refractivity contribution in [3.8, 4) is 0 Å². The molecule has 3 fully saturated rings. The molecule has 3 saturated heterocycles. The molecular formula is C29H33N3O4S. The van der Waals surface area contributed by atoms with E-state index in [0.717, 1.165) is 22.9 Å². The maximum absolute atomic E-state index is 14.4. The van der Waals surface area contributed by atoms with Gasteiger partial charge in [0.05, 0.1) is 23.2 Å². The maximum Gasteiger partial charge on any atom is 0.251 e. The summed E-state index contributed by atoms with van der Waals surface area (Å²) >= 11 is 1.63. The van der Waals surface area contributed by atoms with Gasteiger partial charge in [-0.05, 0) is 35.7 Å². The lowest BCUT2D eigenvalue weighted by Gasteiger charge is -2.37. The van der Waals surface area contributed by atoms with Crippen LogP contribution < -0.4 is 4.90 Å². The summed E-state index contributed by atoms with van der Waals surface area (Å²) in [7, 11) is 1.73. The second-order valence-electron chi connectivity index (χ2n) is 10.1. The van der Waals surface area contributed by atoms with E-state index in [9.17, 15) is 19.5 Å². The van der Waals surface area contributed by atoms with Crippen LogP contribution in [0.5, 0.6) is 0 Å². The number of anilines is 1. The summed E-state index contributed by atoms with van der Waals surface area (Å²) in [6.45, 7) is 8.10. The Balaban J connectivity index is 1.55. The number of rotatable bonds is 9. The molecule has 1 N–H and O–H groups in total. The number of likely N-dealkylation sites (tertiary alicyclic amines) is 1. The molecule has 5 atom stereocenters. The van der Waals surface area contributed by atoms with E-state index in [1.54, 1.807) is 40.8 Å². The van der Waals surface area contributed by atoms with E-state index < -0.39 is 22.6 Å². The number of β-amino-alcohol motifs (C(OH)–C–C–N with tert-alkyl or cyclic N) is 1. The summed E-state index contributed by atoms with van der Waals surface area (Å²) in [5.41, 5.74) is 0.732. The van der Waals surface area contributed by atoms with Crippen molar-refractivity contribution in [1.29, 1.82) is 0 Å². The van der Waals surface area contributed by atoms with Crippen LogP contribution in [0.15, 0.2) is 67.8 Å².